The molecule has 84 valence electrons. The number of halogens is 3. The van der Waals surface area contributed by atoms with Gasteiger partial charge in [0.1, 0.15) is 0 Å². The van der Waals surface area contributed by atoms with E-state index in [0.29, 0.717) is 0 Å². The molecule has 4 heteroatoms. The van der Waals surface area contributed by atoms with Gasteiger partial charge in [-0.3, -0.25) is 0 Å². The Morgan fingerprint density at radius 1 is 1.47 bits per heavy atom. The van der Waals surface area contributed by atoms with E-state index in [1.54, 1.807) is 0 Å². The number of hydrogen-bond acceptors (Lipinski definition) is 1. The van der Waals surface area contributed by atoms with Crippen molar-refractivity contribution in [3.8, 4) is 0 Å². The molecule has 0 aromatic heterocycles. The first-order valence-electron chi connectivity index (χ1n) is 4.87. The first kappa shape index (κ1) is 13.3. The number of benzene rings is 1. The van der Waals surface area contributed by atoms with E-state index in [-0.39, 0.29) is 18.4 Å². The molecule has 15 heavy (non-hydrogen) atoms. The van der Waals surface area contributed by atoms with Crippen LogP contribution in [0.4, 0.5) is 0 Å². The minimum atomic E-state index is 0. The van der Waals surface area contributed by atoms with E-state index in [0.717, 1.165) is 27.4 Å². The zero-order valence-corrected chi connectivity index (χ0v) is 11.4. The van der Waals surface area contributed by atoms with Crippen LogP contribution in [0.5, 0.6) is 0 Å². The van der Waals surface area contributed by atoms with E-state index < -0.39 is 0 Å². The van der Waals surface area contributed by atoms with E-state index in [4.69, 9.17) is 17.3 Å². The average molecular weight is 311 g/mol. The summed E-state index contributed by atoms with van der Waals surface area (Å²) in [5.41, 5.74) is 7.25. The molecule has 0 unspecified atom stereocenters. The van der Waals surface area contributed by atoms with Crippen molar-refractivity contribution in [2.45, 2.75) is 25.3 Å². The molecular weight excluding hydrogens is 297 g/mol. The SMILES string of the molecule is Cl.N[C@H](CC1CC1)c1cc(Cl)ccc1Br. The fourth-order valence-corrected chi connectivity index (χ4v) is 2.36. The molecule has 1 atom stereocenters. The third-order valence-corrected chi connectivity index (χ3v) is 3.60. The van der Waals surface area contributed by atoms with Crippen LogP contribution in [-0.4, -0.2) is 0 Å². The van der Waals surface area contributed by atoms with Gasteiger partial charge >= 0.3 is 0 Å². The largest absolute Gasteiger partial charge is 0.324 e. The fourth-order valence-electron chi connectivity index (χ4n) is 1.64. The Kier molecular flexibility index (Phi) is 4.91. The number of hydrogen-bond donors (Lipinski definition) is 1. The molecule has 1 saturated carbocycles. The van der Waals surface area contributed by atoms with Crippen molar-refractivity contribution in [2.75, 3.05) is 0 Å². The van der Waals surface area contributed by atoms with E-state index in [9.17, 15) is 0 Å². The minimum absolute atomic E-state index is 0. The summed E-state index contributed by atoms with van der Waals surface area (Å²) in [6.45, 7) is 0. The second kappa shape index (κ2) is 5.53. The lowest BCUT2D eigenvalue weighted by Gasteiger charge is -2.13. The fraction of sp³-hybridized carbons (Fsp3) is 0.455. The molecule has 2 rings (SSSR count). The molecule has 0 aliphatic heterocycles. The van der Waals surface area contributed by atoms with Crippen LogP contribution >= 0.6 is 39.9 Å². The summed E-state index contributed by atoms with van der Waals surface area (Å²) in [5, 5.41) is 0.759. The molecule has 0 bridgehead atoms. The normalized spacial score (nSPS) is 17.0. The molecular formula is C11H14BrCl2N. The van der Waals surface area contributed by atoms with Crippen LogP contribution in [0, 0.1) is 5.92 Å². The van der Waals surface area contributed by atoms with E-state index in [1.807, 2.05) is 18.2 Å². The van der Waals surface area contributed by atoms with Crippen molar-refractivity contribution in [3.63, 3.8) is 0 Å². The lowest BCUT2D eigenvalue weighted by molar-refractivity contribution is 0.595. The number of rotatable bonds is 3. The highest BCUT2D eigenvalue weighted by Gasteiger charge is 2.25. The lowest BCUT2D eigenvalue weighted by atomic mass is 10.0. The van der Waals surface area contributed by atoms with Gasteiger partial charge in [0.05, 0.1) is 0 Å². The van der Waals surface area contributed by atoms with Gasteiger partial charge in [-0.05, 0) is 36.1 Å². The van der Waals surface area contributed by atoms with Crippen LogP contribution in [0.15, 0.2) is 22.7 Å². The highest BCUT2D eigenvalue weighted by Crippen LogP contribution is 2.38. The summed E-state index contributed by atoms with van der Waals surface area (Å²) in [6, 6.07) is 5.91. The van der Waals surface area contributed by atoms with Gasteiger partial charge in [0.25, 0.3) is 0 Å². The molecule has 0 heterocycles. The van der Waals surface area contributed by atoms with E-state index >= 15 is 0 Å². The van der Waals surface area contributed by atoms with Gasteiger partial charge < -0.3 is 5.73 Å². The van der Waals surface area contributed by atoms with E-state index in [1.165, 1.54) is 12.8 Å². The van der Waals surface area contributed by atoms with Crippen LogP contribution in [-0.2, 0) is 0 Å². The van der Waals surface area contributed by atoms with Gasteiger partial charge in [-0.15, -0.1) is 12.4 Å². The second-order valence-electron chi connectivity index (χ2n) is 3.95. The zero-order chi connectivity index (χ0) is 10.1. The summed E-state index contributed by atoms with van der Waals surface area (Å²) >= 11 is 9.44. The van der Waals surface area contributed by atoms with Crippen molar-refractivity contribution in [3.05, 3.63) is 33.3 Å². The Morgan fingerprint density at radius 3 is 2.73 bits per heavy atom. The molecule has 0 saturated heterocycles. The third kappa shape index (κ3) is 3.63. The summed E-state index contributed by atoms with van der Waals surface area (Å²) in [4.78, 5) is 0. The predicted molar refractivity (Wildman–Crippen MR) is 70.7 cm³/mol. The summed E-state index contributed by atoms with van der Waals surface area (Å²) < 4.78 is 1.06. The molecule has 1 aromatic carbocycles. The topological polar surface area (TPSA) is 26.0 Å². The van der Waals surface area contributed by atoms with Crippen LogP contribution in [0.1, 0.15) is 30.9 Å². The predicted octanol–water partition coefficient (Wildman–Crippen LogP) is 4.32. The van der Waals surface area contributed by atoms with Crippen LogP contribution in [0.2, 0.25) is 5.02 Å². The maximum atomic E-state index is 6.12. The highest BCUT2D eigenvalue weighted by molar-refractivity contribution is 9.10. The van der Waals surface area contributed by atoms with Crippen molar-refractivity contribution >= 4 is 39.9 Å². The maximum Gasteiger partial charge on any atom is 0.0410 e. The van der Waals surface area contributed by atoms with Crippen LogP contribution < -0.4 is 5.73 Å². The standard InChI is InChI=1S/C11H13BrClN.ClH/c12-10-4-3-8(13)6-9(10)11(14)5-7-1-2-7;/h3-4,6-7,11H,1-2,5,14H2;1H/t11-;/m1./s1. The van der Waals surface area contributed by atoms with Crippen LogP contribution in [0.3, 0.4) is 0 Å². The Hall–Kier alpha value is 0.240. The van der Waals surface area contributed by atoms with Crippen molar-refractivity contribution in [2.24, 2.45) is 11.7 Å². The minimum Gasteiger partial charge on any atom is -0.324 e. The van der Waals surface area contributed by atoms with Gasteiger partial charge in [-0.1, -0.05) is 40.4 Å². The molecule has 2 N–H and O–H groups in total. The van der Waals surface area contributed by atoms with Gasteiger partial charge in [-0.2, -0.15) is 0 Å². The molecule has 1 aliphatic rings. The Bertz CT molecular complexity index is 339. The monoisotopic (exact) mass is 309 g/mol. The summed E-state index contributed by atoms with van der Waals surface area (Å²) in [5.74, 6) is 0.843. The quantitative estimate of drug-likeness (QED) is 0.884. The van der Waals surface area contributed by atoms with Crippen molar-refractivity contribution < 1.29 is 0 Å². The summed E-state index contributed by atoms with van der Waals surface area (Å²) in [7, 11) is 0. The van der Waals surface area contributed by atoms with Gasteiger partial charge in [0.2, 0.25) is 0 Å². The Labute approximate surface area is 110 Å². The average Bonchev–Trinajstić information content (AvgIpc) is 2.93. The molecule has 0 spiro atoms. The molecule has 1 nitrogen and oxygen atoms in total. The van der Waals surface area contributed by atoms with Crippen LogP contribution in [0.25, 0.3) is 0 Å². The Morgan fingerprint density at radius 2 is 2.13 bits per heavy atom. The van der Waals surface area contributed by atoms with Gasteiger partial charge in [0.15, 0.2) is 0 Å². The molecule has 0 amide bonds. The van der Waals surface area contributed by atoms with E-state index in [2.05, 4.69) is 15.9 Å². The molecule has 1 aromatic rings. The highest BCUT2D eigenvalue weighted by atomic mass is 79.9. The third-order valence-electron chi connectivity index (χ3n) is 2.64. The van der Waals surface area contributed by atoms with Crippen molar-refractivity contribution in [1.82, 2.24) is 0 Å². The lowest BCUT2D eigenvalue weighted by Crippen LogP contribution is -2.11. The zero-order valence-electron chi connectivity index (χ0n) is 8.25. The van der Waals surface area contributed by atoms with Gasteiger partial charge in [0, 0.05) is 15.5 Å². The second-order valence-corrected chi connectivity index (χ2v) is 5.24. The first-order chi connectivity index (χ1) is 6.66. The molecule has 0 radical (unpaired) electrons. The molecule has 1 fully saturated rings. The molecule has 1 aliphatic carbocycles. The van der Waals surface area contributed by atoms with Crippen molar-refractivity contribution in [1.29, 1.82) is 0 Å². The first-order valence-corrected chi connectivity index (χ1v) is 6.04. The number of nitrogens with two attached hydrogens (primary N) is 1. The van der Waals surface area contributed by atoms with Gasteiger partial charge in [-0.25, -0.2) is 0 Å². The summed E-state index contributed by atoms with van der Waals surface area (Å²) in [6.07, 6.45) is 3.76. The maximum absolute atomic E-state index is 6.12. The smallest absolute Gasteiger partial charge is 0.0410 e. The Balaban J connectivity index is 0.00000112.